The molecule has 0 heterocycles. The van der Waals surface area contributed by atoms with Crippen molar-refractivity contribution in [3.8, 4) is 0 Å². The SMILES string of the molecule is CC(/C=C(/C)[N-]c1c(C(C)C)cccc1C(C)C)=[NH+]c1c(C(C)C)cccc1C(C)C.CC(/C=C(/C)[N-]c1c(C(C)C)cccc1C(C)C)=[NH+]c1c(C(C)C)cccc1C(C)C.[Be+2].[Be+2].[NH-]c1ccccc1.[NH-]c1ccccc1. The van der Waals surface area contributed by atoms with E-state index in [-0.39, 0.29) is 20.2 Å². The van der Waals surface area contributed by atoms with Crippen LogP contribution >= 0.6 is 0 Å². The van der Waals surface area contributed by atoms with Gasteiger partial charge in [0.25, 0.3) is 0 Å². The van der Waals surface area contributed by atoms with Gasteiger partial charge in [-0.15, -0.1) is 22.7 Å². The molecule has 0 bridgehead atoms. The van der Waals surface area contributed by atoms with E-state index >= 15 is 0 Å². The van der Waals surface area contributed by atoms with Crippen LogP contribution in [0.25, 0.3) is 22.1 Å². The van der Waals surface area contributed by atoms with Crippen molar-refractivity contribution in [1.82, 2.24) is 0 Å². The van der Waals surface area contributed by atoms with Crippen molar-refractivity contribution in [1.29, 1.82) is 0 Å². The van der Waals surface area contributed by atoms with Gasteiger partial charge in [-0.2, -0.15) is 11.4 Å². The first-order valence-electron chi connectivity index (χ1n) is 27.9. The zero-order valence-electron chi connectivity index (χ0n) is 51.8. The van der Waals surface area contributed by atoms with Crippen molar-refractivity contribution in [3.05, 3.63) is 224 Å². The van der Waals surface area contributed by atoms with Gasteiger partial charge in [-0.1, -0.05) is 280 Å². The number of hydrogen-bond donors (Lipinski definition) is 2. The molecule has 4 N–H and O–H groups in total. The third kappa shape index (κ3) is 22.2. The minimum atomic E-state index is 0. The first-order chi connectivity index (χ1) is 35.8. The second kappa shape index (κ2) is 34.5. The molecule has 408 valence electrons. The molecule has 0 aliphatic carbocycles. The van der Waals surface area contributed by atoms with Crippen LogP contribution < -0.4 is 9.98 Å². The molecule has 0 fully saturated rings. The smallest absolute Gasteiger partial charge is 0.699 e. The Morgan fingerprint density at radius 1 is 0.321 bits per heavy atom. The normalized spacial score (nSPS) is 11.9. The Bertz CT molecular complexity index is 2530. The van der Waals surface area contributed by atoms with Crippen LogP contribution in [0.4, 0.5) is 34.1 Å². The largest absolute Gasteiger partial charge is 2.00 e. The third-order valence-corrected chi connectivity index (χ3v) is 13.0. The molecule has 6 aromatic rings. The van der Waals surface area contributed by atoms with Crippen molar-refractivity contribution in [2.75, 3.05) is 0 Å². The van der Waals surface area contributed by atoms with Crippen molar-refractivity contribution in [2.24, 2.45) is 0 Å². The molecule has 6 aromatic carbocycles. The van der Waals surface area contributed by atoms with Gasteiger partial charge >= 0.3 is 20.2 Å². The van der Waals surface area contributed by atoms with Gasteiger partial charge in [-0.3, -0.25) is 0 Å². The van der Waals surface area contributed by atoms with Crippen LogP contribution in [-0.4, -0.2) is 31.7 Å². The maximum absolute atomic E-state index is 7.00. The molecule has 0 atom stereocenters. The average molecular weight is 1040 g/mol. The van der Waals surface area contributed by atoms with Gasteiger partial charge in [0.15, 0.2) is 11.4 Å². The summed E-state index contributed by atoms with van der Waals surface area (Å²) in [6.07, 6.45) is 4.34. The van der Waals surface area contributed by atoms with Gasteiger partial charge in [0.2, 0.25) is 11.4 Å². The predicted molar refractivity (Wildman–Crippen MR) is 347 cm³/mol. The van der Waals surface area contributed by atoms with Crippen LogP contribution in [0.2, 0.25) is 0 Å². The van der Waals surface area contributed by atoms with E-state index < -0.39 is 0 Å². The van der Waals surface area contributed by atoms with E-state index in [1.54, 1.807) is 24.3 Å². The number of benzene rings is 6. The molecular formula is C70H96Be2N6+2. The Morgan fingerprint density at radius 3 is 0.705 bits per heavy atom. The van der Waals surface area contributed by atoms with Crippen LogP contribution in [0.15, 0.2) is 157 Å². The van der Waals surface area contributed by atoms with Crippen LogP contribution in [0, 0.1) is 0 Å². The molecule has 0 amide bonds. The molecule has 0 saturated heterocycles. The Hall–Kier alpha value is -6.32. The summed E-state index contributed by atoms with van der Waals surface area (Å²) in [4.78, 5) is 7.43. The number of allylic oxidation sites excluding steroid dienone is 4. The molecule has 8 heteroatoms. The first-order valence-corrected chi connectivity index (χ1v) is 27.9. The van der Waals surface area contributed by atoms with Crippen LogP contribution in [-0.2, 0) is 0 Å². The van der Waals surface area contributed by atoms with Crippen LogP contribution in [0.5, 0.6) is 0 Å². The van der Waals surface area contributed by atoms with E-state index in [1.165, 1.54) is 55.9 Å². The molecule has 0 aromatic heterocycles. The summed E-state index contributed by atoms with van der Waals surface area (Å²) in [5.74, 6) is 3.65. The third-order valence-electron chi connectivity index (χ3n) is 13.0. The van der Waals surface area contributed by atoms with E-state index in [0.717, 1.165) is 34.2 Å². The van der Waals surface area contributed by atoms with Crippen molar-refractivity contribution in [3.63, 3.8) is 0 Å². The van der Waals surface area contributed by atoms with Crippen molar-refractivity contribution >= 4 is 65.8 Å². The molecular weight excluding hydrogens is 943 g/mol. The molecule has 0 radical (unpaired) electrons. The minimum absolute atomic E-state index is 0. The molecule has 0 aliphatic heterocycles. The van der Waals surface area contributed by atoms with E-state index in [0.29, 0.717) is 58.7 Å². The Kier molecular flexibility index (Phi) is 30.9. The fourth-order valence-corrected chi connectivity index (χ4v) is 9.06. The summed E-state index contributed by atoms with van der Waals surface area (Å²) in [7, 11) is 0. The average Bonchev–Trinajstić information content (AvgIpc) is 3.34. The Labute approximate surface area is 482 Å². The van der Waals surface area contributed by atoms with E-state index in [2.05, 4.69) is 233 Å². The number of para-hydroxylation sites is 4. The van der Waals surface area contributed by atoms with E-state index in [9.17, 15) is 0 Å². The standard InChI is InChI=1S/2C29H41N2.2C6H6N.2Be/c2*1-18(2)24-13-11-14-25(19(3)4)28(24)30-22(9)17-23(10)31-29-26(20(5)6)15-12-16-27(29)21(7)8;2*7-6-4-2-1-3-5-6;;/h2*11-21H,1-10H3;2*1-5,7H;;/q4*-1;2*+2/p+2/b2*22-17-,31-23?;;;;. The van der Waals surface area contributed by atoms with Gasteiger partial charge in [-0.25, -0.2) is 9.98 Å². The molecule has 0 saturated carbocycles. The summed E-state index contributed by atoms with van der Waals surface area (Å²) < 4.78 is 0. The topological polar surface area (TPSA) is 104 Å². The monoisotopic (exact) mass is 1040 g/mol. The fraction of sp³-hybridized carbons (Fsp3) is 0.400. The summed E-state index contributed by atoms with van der Waals surface area (Å²) in [5.41, 5.74) is 34.9. The quantitative estimate of drug-likeness (QED) is 0.0712. The number of rotatable bonds is 16. The summed E-state index contributed by atoms with van der Waals surface area (Å²) in [6, 6.07) is 44.7. The Balaban J connectivity index is 0.000000608. The van der Waals surface area contributed by atoms with E-state index in [1.807, 2.05) is 36.4 Å². The Morgan fingerprint density at radius 2 is 0.526 bits per heavy atom. The predicted octanol–water partition coefficient (Wildman–Crippen LogP) is 19.9. The maximum atomic E-state index is 7.00. The van der Waals surface area contributed by atoms with Crippen molar-refractivity contribution in [2.45, 2.75) is 186 Å². The molecule has 6 rings (SSSR count). The number of hydrogen-bond acceptors (Lipinski definition) is 0. The molecule has 6 nitrogen and oxygen atoms in total. The van der Waals surface area contributed by atoms with Crippen LogP contribution in [0.3, 0.4) is 0 Å². The first kappa shape index (κ1) is 69.7. The van der Waals surface area contributed by atoms with Gasteiger partial charge < -0.3 is 22.1 Å². The molecule has 0 aliphatic rings. The number of nitrogens with one attached hydrogen (secondary N) is 4. The van der Waals surface area contributed by atoms with Gasteiger partial charge in [0, 0.05) is 36.1 Å². The molecule has 0 spiro atoms. The van der Waals surface area contributed by atoms with Crippen molar-refractivity contribution < 1.29 is 9.98 Å². The zero-order chi connectivity index (χ0) is 56.8. The van der Waals surface area contributed by atoms with E-state index in [4.69, 9.17) is 22.1 Å². The van der Waals surface area contributed by atoms with Crippen LogP contribution in [0.1, 0.15) is 230 Å². The second-order valence-electron chi connectivity index (χ2n) is 22.6. The van der Waals surface area contributed by atoms with Gasteiger partial charge in [-0.05, 0) is 59.5 Å². The summed E-state index contributed by atoms with van der Waals surface area (Å²) in [5, 5.41) is 10.2. The van der Waals surface area contributed by atoms with Gasteiger partial charge in [0.05, 0.1) is 0 Å². The summed E-state index contributed by atoms with van der Waals surface area (Å²) >= 11 is 0. The van der Waals surface area contributed by atoms with Gasteiger partial charge in [0.1, 0.15) is 0 Å². The second-order valence-corrected chi connectivity index (χ2v) is 22.6. The molecule has 0 unspecified atom stereocenters. The molecule has 78 heavy (non-hydrogen) atoms. The maximum Gasteiger partial charge on any atom is 2.00 e. The fourth-order valence-electron chi connectivity index (χ4n) is 9.06. The number of nitrogens with zero attached hydrogens (tertiary/aromatic N) is 2. The minimum Gasteiger partial charge on any atom is -0.699 e. The zero-order valence-corrected chi connectivity index (χ0v) is 51.8. The summed E-state index contributed by atoms with van der Waals surface area (Å²) in [6.45, 7) is 44.5.